The third-order valence-electron chi connectivity index (χ3n) is 1.56. The highest BCUT2D eigenvalue weighted by atomic mass is 35.5. The van der Waals surface area contributed by atoms with Crippen molar-refractivity contribution < 1.29 is 19.4 Å². The van der Waals surface area contributed by atoms with Crippen molar-refractivity contribution in [1.29, 1.82) is 0 Å². The maximum atomic E-state index is 13.2. The van der Waals surface area contributed by atoms with Gasteiger partial charge in [0.05, 0.1) is 4.92 Å². The number of benzene rings is 1. The van der Waals surface area contributed by atoms with Gasteiger partial charge in [-0.2, -0.15) is 4.39 Å². The standard InChI is InChI=1S/C6H4BClFNO4/c8-4-2-1-3(7(11)12)5(9)6(4)10(13)14/h1-2,11-12H. The fourth-order valence-corrected chi connectivity index (χ4v) is 1.14. The largest absolute Gasteiger partial charge is 0.491 e. The van der Waals surface area contributed by atoms with E-state index in [1.165, 1.54) is 0 Å². The van der Waals surface area contributed by atoms with Crippen molar-refractivity contribution in [3.05, 3.63) is 33.1 Å². The van der Waals surface area contributed by atoms with Gasteiger partial charge < -0.3 is 10.0 Å². The molecule has 0 bridgehead atoms. The third kappa shape index (κ3) is 1.84. The predicted molar refractivity (Wildman–Crippen MR) is 47.9 cm³/mol. The van der Waals surface area contributed by atoms with Gasteiger partial charge in [0, 0.05) is 5.46 Å². The van der Waals surface area contributed by atoms with E-state index in [0.717, 1.165) is 12.1 Å². The van der Waals surface area contributed by atoms with E-state index < -0.39 is 34.0 Å². The minimum atomic E-state index is -2.11. The van der Waals surface area contributed by atoms with Crippen LogP contribution in [-0.4, -0.2) is 22.1 Å². The van der Waals surface area contributed by atoms with Gasteiger partial charge in [-0.1, -0.05) is 17.7 Å². The lowest BCUT2D eigenvalue weighted by molar-refractivity contribution is -0.387. The summed E-state index contributed by atoms with van der Waals surface area (Å²) in [7, 11) is -2.11. The van der Waals surface area contributed by atoms with Gasteiger partial charge in [0.15, 0.2) is 0 Å². The quantitative estimate of drug-likeness (QED) is 0.419. The second kappa shape index (κ2) is 3.91. The molecule has 0 unspecified atom stereocenters. The molecule has 0 aliphatic carbocycles. The van der Waals surface area contributed by atoms with E-state index in [1.54, 1.807) is 0 Å². The molecule has 0 amide bonds. The lowest BCUT2D eigenvalue weighted by Crippen LogP contribution is -2.33. The molecule has 8 heteroatoms. The Morgan fingerprint density at radius 1 is 1.50 bits per heavy atom. The Kier molecular flexibility index (Phi) is 3.05. The Morgan fingerprint density at radius 3 is 2.50 bits per heavy atom. The van der Waals surface area contributed by atoms with Crippen molar-refractivity contribution in [2.45, 2.75) is 0 Å². The van der Waals surface area contributed by atoms with Crippen LogP contribution in [0.3, 0.4) is 0 Å². The van der Waals surface area contributed by atoms with Crippen LogP contribution in [0.25, 0.3) is 0 Å². The number of halogens is 2. The zero-order valence-corrected chi connectivity index (χ0v) is 7.40. The van der Waals surface area contributed by atoms with E-state index >= 15 is 0 Å². The van der Waals surface area contributed by atoms with Gasteiger partial charge in [0.25, 0.3) is 0 Å². The number of nitro groups is 1. The second-order valence-electron chi connectivity index (χ2n) is 2.43. The van der Waals surface area contributed by atoms with Gasteiger partial charge >= 0.3 is 12.8 Å². The highest BCUT2D eigenvalue weighted by molar-refractivity contribution is 6.59. The minimum Gasteiger partial charge on any atom is -0.423 e. The minimum absolute atomic E-state index is 0.392. The summed E-state index contributed by atoms with van der Waals surface area (Å²) in [6.07, 6.45) is 0. The van der Waals surface area contributed by atoms with E-state index in [2.05, 4.69) is 0 Å². The molecular formula is C6H4BClFNO4. The fraction of sp³-hybridized carbons (Fsp3) is 0. The highest BCUT2D eigenvalue weighted by Crippen LogP contribution is 2.25. The monoisotopic (exact) mass is 219 g/mol. The fourth-order valence-electron chi connectivity index (χ4n) is 0.923. The van der Waals surface area contributed by atoms with Crippen LogP contribution in [0.1, 0.15) is 0 Å². The van der Waals surface area contributed by atoms with Crippen LogP contribution >= 0.6 is 11.6 Å². The lowest BCUT2D eigenvalue weighted by Gasteiger charge is -2.02. The molecular weight excluding hydrogens is 215 g/mol. The summed E-state index contributed by atoms with van der Waals surface area (Å²) >= 11 is 5.36. The molecule has 0 aliphatic rings. The summed E-state index contributed by atoms with van der Waals surface area (Å²) in [6, 6.07) is 1.99. The van der Waals surface area contributed by atoms with Crippen molar-refractivity contribution >= 4 is 29.9 Å². The molecule has 0 saturated heterocycles. The van der Waals surface area contributed by atoms with Crippen LogP contribution < -0.4 is 5.46 Å². The highest BCUT2D eigenvalue weighted by Gasteiger charge is 2.27. The zero-order chi connectivity index (χ0) is 10.9. The zero-order valence-electron chi connectivity index (χ0n) is 6.65. The molecule has 0 spiro atoms. The Hall–Kier alpha value is -1.18. The molecule has 14 heavy (non-hydrogen) atoms. The van der Waals surface area contributed by atoms with Crippen LogP contribution in [0.2, 0.25) is 5.02 Å². The van der Waals surface area contributed by atoms with Gasteiger partial charge in [-0.25, -0.2) is 0 Å². The molecule has 5 nitrogen and oxygen atoms in total. The Labute approximate surface area is 83.0 Å². The number of hydrogen-bond acceptors (Lipinski definition) is 4. The molecule has 0 saturated carbocycles. The Bertz CT molecular complexity index is 386. The molecule has 2 N–H and O–H groups in total. The molecule has 74 valence electrons. The molecule has 0 fully saturated rings. The first-order chi connectivity index (χ1) is 6.45. The van der Waals surface area contributed by atoms with Gasteiger partial charge in [0.1, 0.15) is 5.02 Å². The van der Waals surface area contributed by atoms with Crippen LogP contribution in [0.4, 0.5) is 10.1 Å². The molecule has 0 radical (unpaired) electrons. The van der Waals surface area contributed by atoms with Gasteiger partial charge in [0.2, 0.25) is 5.82 Å². The van der Waals surface area contributed by atoms with E-state index in [9.17, 15) is 14.5 Å². The second-order valence-corrected chi connectivity index (χ2v) is 2.84. The maximum absolute atomic E-state index is 13.2. The number of nitrogens with zero attached hydrogens (tertiary/aromatic N) is 1. The average Bonchev–Trinajstić information content (AvgIpc) is 2.02. The summed E-state index contributed by atoms with van der Waals surface area (Å²) in [4.78, 5) is 9.31. The van der Waals surface area contributed by atoms with Crippen LogP contribution in [0.5, 0.6) is 0 Å². The van der Waals surface area contributed by atoms with Crippen LogP contribution in [-0.2, 0) is 0 Å². The van der Waals surface area contributed by atoms with E-state index in [0.29, 0.717) is 0 Å². The molecule has 1 aromatic rings. The Balaban J connectivity index is 3.41. The first-order valence-electron chi connectivity index (χ1n) is 3.43. The smallest absolute Gasteiger partial charge is 0.423 e. The summed E-state index contributed by atoms with van der Waals surface area (Å²) in [5.74, 6) is -1.34. The Morgan fingerprint density at radius 2 is 2.07 bits per heavy atom. The molecule has 1 aromatic carbocycles. The maximum Gasteiger partial charge on any atom is 0.491 e. The van der Waals surface area contributed by atoms with Crippen LogP contribution in [0, 0.1) is 15.9 Å². The number of hydrogen-bond donors (Lipinski definition) is 2. The molecule has 0 atom stereocenters. The topological polar surface area (TPSA) is 83.6 Å². The van der Waals surface area contributed by atoms with Crippen molar-refractivity contribution in [2.24, 2.45) is 0 Å². The first kappa shape index (κ1) is 10.9. The number of rotatable bonds is 2. The number of nitro benzene ring substituents is 1. The van der Waals surface area contributed by atoms with Crippen molar-refractivity contribution in [3.8, 4) is 0 Å². The van der Waals surface area contributed by atoms with Gasteiger partial charge in [-0.15, -0.1) is 0 Å². The van der Waals surface area contributed by atoms with Crippen molar-refractivity contribution in [2.75, 3.05) is 0 Å². The van der Waals surface area contributed by atoms with Crippen molar-refractivity contribution in [3.63, 3.8) is 0 Å². The molecule has 0 heterocycles. The first-order valence-corrected chi connectivity index (χ1v) is 3.81. The molecule has 0 aromatic heterocycles. The predicted octanol–water partition coefficient (Wildman–Crippen LogP) is 0.0671. The average molecular weight is 219 g/mol. The SMILES string of the molecule is O=[N+]([O-])c1c(Cl)ccc(B(O)O)c1F. The normalized spacial score (nSPS) is 10.0. The van der Waals surface area contributed by atoms with Crippen LogP contribution in [0.15, 0.2) is 12.1 Å². The summed E-state index contributed by atoms with van der Waals surface area (Å²) in [5, 5.41) is 27.2. The summed E-state index contributed by atoms with van der Waals surface area (Å²) in [6.45, 7) is 0. The molecule has 0 aliphatic heterocycles. The van der Waals surface area contributed by atoms with E-state index in [4.69, 9.17) is 21.6 Å². The van der Waals surface area contributed by atoms with Gasteiger partial charge in [-0.05, 0) is 6.07 Å². The lowest BCUT2D eigenvalue weighted by atomic mass is 9.79. The van der Waals surface area contributed by atoms with E-state index in [1.807, 2.05) is 0 Å². The third-order valence-corrected chi connectivity index (χ3v) is 1.86. The molecule has 1 rings (SSSR count). The summed E-state index contributed by atoms with van der Waals surface area (Å²) in [5.41, 5.74) is -1.54. The van der Waals surface area contributed by atoms with E-state index in [-0.39, 0.29) is 0 Å². The van der Waals surface area contributed by atoms with Crippen molar-refractivity contribution in [1.82, 2.24) is 0 Å². The van der Waals surface area contributed by atoms with Gasteiger partial charge in [-0.3, -0.25) is 10.1 Å². The summed E-state index contributed by atoms with van der Waals surface area (Å²) < 4.78 is 13.2.